The second kappa shape index (κ2) is 12.2. The number of para-hydroxylation sites is 1. The summed E-state index contributed by atoms with van der Waals surface area (Å²) in [7, 11) is 0. The lowest BCUT2D eigenvalue weighted by Gasteiger charge is -2.15. The average molecular weight is 619 g/mol. The lowest BCUT2D eigenvalue weighted by Crippen LogP contribution is -2.23. The minimum absolute atomic E-state index is 0.0680. The smallest absolute Gasteiger partial charge is 0.416 e. The van der Waals surface area contributed by atoms with E-state index in [0.29, 0.717) is 17.8 Å². The summed E-state index contributed by atoms with van der Waals surface area (Å²) in [5.41, 5.74) is -3.73. The molecule has 0 aromatic heterocycles. The van der Waals surface area contributed by atoms with Crippen molar-refractivity contribution in [3.05, 3.63) is 87.9 Å². The molecule has 0 aliphatic heterocycles. The van der Waals surface area contributed by atoms with Crippen molar-refractivity contribution in [1.29, 1.82) is 0 Å². The summed E-state index contributed by atoms with van der Waals surface area (Å²) in [5.74, 6) is -2.89. The average Bonchev–Trinajstić information content (AvgIpc) is 2.86. The first-order chi connectivity index (χ1) is 18.2. The van der Waals surface area contributed by atoms with E-state index in [9.17, 15) is 40.7 Å². The summed E-state index contributed by atoms with van der Waals surface area (Å²) < 4.78 is 89.0. The quantitative estimate of drug-likeness (QED) is 0.228. The van der Waals surface area contributed by atoms with Crippen molar-refractivity contribution in [2.75, 3.05) is 23.8 Å². The fraction of sp³-hybridized carbons (Fsp3) is 0.160. The minimum atomic E-state index is -5.11. The van der Waals surface area contributed by atoms with E-state index in [1.165, 1.54) is 24.3 Å². The number of amides is 2. The number of esters is 1. The lowest BCUT2D eigenvalue weighted by molar-refractivity contribution is -0.143. The summed E-state index contributed by atoms with van der Waals surface area (Å²) in [6, 6.07) is 12.8. The Morgan fingerprint density at radius 1 is 0.718 bits per heavy atom. The number of carbonyl (C=O) groups is 3. The van der Waals surface area contributed by atoms with Gasteiger partial charge in [0.25, 0.3) is 11.8 Å². The fourth-order valence-electron chi connectivity index (χ4n) is 3.07. The molecule has 14 heteroatoms. The SMILES string of the molecule is O=C(COC(=O)c1ccccc1OCC(=O)Nc1ccc(Br)cc1)Nc1cc(C(F)(F)F)cc(C(F)(F)F)c1. The Morgan fingerprint density at radius 2 is 1.26 bits per heavy atom. The third kappa shape index (κ3) is 8.74. The number of hydrogen-bond donors (Lipinski definition) is 2. The zero-order chi connectivity index (χ0) is 28.8. The number of benzene rings is 3. The molecule has 0 aliphatic carbocycles. The van der Waals surface area contributed by atoms with Crippen LogP contribution in [0.25, 0.3) is 0 Å². The Kier molecular flexibility index (Phi) is 9.22. The molecule has 3 aromatic rings. The molecule has 2 amide bonds. The predicted octanol–water partition coefficient (Wildman–Crippen LogP) is 6.30. The van der Waals surface area contributed by atoms with Gasteiger partial charge in [-0.3, -0.25) is 9.59 Å². The highest BCUT2D eigenvalue weighted by molar-refractivity contribution is 9.10. The first-order valence-corrected chi connectivity index (χ1v) is 11.6. The van der Waals surface area contributed by atoms with Gasteiger partial charge in [-0.1, -0.05) is 28.1 Å². The molecule has 0 heterocycles. The molecule has 0 aliphatic rings. The Bertz CT molecular complexity index is 1330. The molecule has 0 unspecified atom stereocenters. The van der Waals surface area contributed by atoms with Crippen LogP contribution in [0, 0.1) is 0 Å². The van der Waals surface area contributed by atoms with E-state index in [4.69, 9.17) is 9.47 Å². The summed E-state index contributed by atoms with van der Waals surface area (Å²) in [5, 5.41) is 4.43. The van der Waals surface area contributed by atoms with Gasteiger partial charge in [-0.2, -0.15) is 26.3 Å². The van der Waals surface area contributed by atoms with Crippen molar-refractivity contribution in [1.82, 2.24) is 0 Å². The molecular formula is C25H17BrF6N2O5. The number of ether oxygens (including phenoxy) is 2. The number of nitrogens with one attached hydrogen (secondary N) is 2. The zero-order valence-electron chi connectivity index (χ0n) is 19.5. The van der Waals surface area contributed by atoms with Crippen molar-refractivity contribution in [3.8, 4) is 5.75 Å². The van der Waals surface area contributed by atoms with E-state index in [1.807, 2.05) is 5.32 Å². The van der Waals surface area contributed by atoms with Gasteiger partial charge in [-0.05, 0) is 54.6 Å². The summed E-state index contributed by atoms with van der Waals surface area (Å²) >= 11 is 3.26. The third-order valence-corrected chi connectivity index (χ3v) is 5.33. The fourth-order valence-corrected chi connectivity index (χ4v) is 3.33. The number of hydrogen-bond acceptors (Lipinski definition) is 5. The first-order valence-electron chi connectivity index (χ1n) is 10.8. The summed E-state index contributed by atoms with van der Waals surface area (Å²) in [4.78, 5) is 36.8. The van der Waals surface area contributed by atoms with Crippen molar-refractivity contribution in [3.63, 3.8) is 0 Å². The van der Waals surface area contributed by atoms with E-state index in [-0.39, 0.29) is 17.4 Å². The number of halogens is 7. The van der Waals surface area contributed by atoms with Crippen LogP contribution in [-0.4, -0.2) is 31.0 Å². The van der Waals surface area contributed by atoms with Gasteiger partial charge in [0.15, 0.2) is 13.2 Å². The van der Waals surface area contributed by atoms with Gasteiger partial charge in [0, 0.05) is 15.8 Å². The van der Waals surface area contributed by atoms with Crippen LogP contribution in [0.15, 0.2) is 71.2 Å². The van der Waals surface area contributed by atoms with Crippen molar-refractivity contribution < 1.29 is 50.2 Å². The van der Waals surface area contributed by atoms with Crippen molar-refractivity contribution in [2.45, 2.75) is 12.4 Å². The van der Waals surface area contributed by atoms with Gasteiger partial charge in [0.05, 0.1) is 11.1 Å². The van der Waals surface area contributed by atoms with E-state index in [0.717, 1.165) is 4.47 Å². The van der Waals surface area contributed by atoms with Crippen LogP contribution in [0.4, 0.5) is 37.7 Å². The molecule has 0 spiro atoms. The minimum Gasteiger partial charge on any atom is -0.483 e. The van der Waals surface area contributed by atoms with Crippen LogP contribution in [0.5, 0.6) is 5.75 Å². The molecule has 0 radical (unpaired) electrons. The highest BCUT2D eigenvalue weighted by Gasteiger charge is 2.37. The van der Waals surface area contributed by atoms with E-state index in [1.54, 1.807) is 24.3 Å². The van der Waals surface area contributed by atoms with E-state index in [2.05, 4.69) is 21.2 Å². The van der Waals surface area contributed by atoms with Crippen LogP contribution in [0.3, 0.4) is 0 Å². The second-order valence-electron chi connectivity index (χ2n) is 7.76. The van der Waals surface area contributed by atoms with Gasteiger partial charge in [-0.25, -0.2) is 4.79 Å². The lowest BCUT2D eigenvalue weighted by atomic mass is 10.1. The maximum absolute atomic E-state index is 13.0. The second-order valence-corrected chi connectivity index (χ2v) is 8.67. The molecule has 39 heavy (non-hydrogen) atoms. The molecule has 3 aromatic carbocycles. The monoisotopic (exact) mass is 618 g/mol. The standard InChI is InChI=1S/C25H17BrF6N2O5/c26-16-5-7-17(8-6-16)33-21(35)12-38-20-4-2-1-3-19(20)23(37)39-13-22(36)34-18-10-14(24(27,28)29)9-15(11-18)25(30,31)32/h1-11H,12-13H2,(H,33,35)(H,34,36). The number of rotatable bonds is 8. The Balaban J connectivity index is 1.61. The number of anilines is 2. The predicted molar refractivity (Wildman–Crippen MR) is 130 cm³/mol. The zero-order valence-corrected chi connectivity index (χ0v) is 21.0. The summed E-state index contributed by atoms with van der Waals surface area (Å²) in [6.45, 7) is -1.52. The van der Waals surface area contributed by atoms with Gasteiger partial charge in [0.1, 0.15) is 11.3 Å². The van der Waals surface area contributed by atoms with Crippen LogP contribution in [0.1, 0.15) is 21.5 Å². The molecular weight excluding hydrogens is 602 g/mol. The number of alkyl halides is 6. The molecule has 0 saturated carbocycles. The molecule has 206 valence electrons. The summed E-state index contributed by atoms with van der Waals surface area (Å²) in [6.07, 6.45) is -10.2. The largest absolute Gasteiger partial charge is 0.483 e. The Morgan fingerprint density at radius 3 is 1.85 bits per heavy atom. The topological polar surface area (TPSA) is 93.7 Å². The molecule has 0 saturated heterocycles. The highest BCUT2D eigenvalue weighted by atomic mass is 79.9. The third-order valence-electron chi connectivity index (χ3n) is 4.80. The van der Waals surface area contributed by atoms with Gasteiger partial charge >= 0.3 is 18.3 Å². The Hall–Kier alpha value is -4.07. The van der Waals surface area contributed by atoms with E-state index >= 15 is 0 Å². The number of carbonyl (C=O) groups excluding carboxylic acids is 3. The van der Waals surface area contributed by atoms with Gasteiger partial charge < -0.3 is 20.1 Å². The molecule has 2 N–H and O–H groups in total. The van der Waals surface area contributed by atoms with Crippen LogP contribution < -0.4 is 15.4 Å². The first kappa shape index (κ1) is 29.5. The molecule has 0 atom stereocenters. The van der Waals surface area contributed by atoms with E-state index < -0.39 is 60.2 Å². The molecule has 3 rings (SSSR count). The normalized spacial score (nSPS) is 11.5. The van der Waals surface area contributed by atoms with Gasteiger partial charge in [0.2, 0.25) is 0 Å². The van der Waals surface area contributed by atoms with Crippen molar-refractivity contribution in [2.24, 2.45) is 0 Å². The van der Waals surface area contributed by atoms with Crippen LogP contribution >= 0.6 is 15.9 Å². The van der Waals surface area contributed by atoms with Crippen molar-refractivity contribution >= 4 is 45.1 Å². The Labute approximate surface area is 225 Å². The molecule has 0 bridgehead atoms. The molecule has 7 nitrogen and oxygen atoms in total. The van der Waals surface area contributed by atoms with Crippen LogP contribution in [-0.2, 0) is 26.7 Å². The highest BCUT2D eigenvalue weighted by Crippen LogP contribution is 2.37. The molecule has 0 fully saturated rings. The van der Waals surface area contributed by atoms with Crippen LogP contribution in [0.2, 0.25) is 0 Å². The maximum atomic E-state index is 13.0. The van der Waals surface area contributed by atoms with Gasteiger partial charge in [-0.15, -0.1) is 0 Å². The maximum Gasteiger partial charge on any atom is 0.416 e.